The lowest BCUT2D eigenvalue weighted by atomic mass is 9.97. The van der Waals surface area contributed by atoms with Gasteiger partial charge in [0.2, 0.25) is 5.95 Å². The SMILES string of the molecule is Cc1cc(Nc2ccc(Br)cc2)nc(NCCC2=CCCCC2)n1. The van der Waals surface area contributed by atoms with Crippen LogP contribution in [-0.4, -0.2) is 16.5 Å². The van der Waals surface area contributed by atoms with Gasteiger partial charge in [-0.05, 0) is 63.3 Å². The largest absolute Gasteiger partial charge is 0.354 e. The van der Waals surface area contributed by atoms with Gasteiger partial charge < -0.3 is 10.6 Å². The van der Waals surface area contributed by atoms with E-state index in [9.17, 15) is 0 Å². The van der Waals surface area contributed by atoms with E-state index in [1.807, 2.05) is 37.3 Å². The molecule has 0 saturated heterocycles. The standard InChI is InChI=1S/C19H23BrN4/c1-14-13-18(23-17-9-7-16(20)8-10-17)24-19(22-14)21-12-11-15-5-3-2-4-6-15/h5,7-10,13H,2-4,6,11-12H2,1H3,(H2,21,22,23,24). The van der Waals surface area contributed by atoms with Gasteiger partial charge in [0, 0.05) is 28.5 Å². The summed E-state index contributed by atoms with van der Waals surface area (Å²) < 4.78 is 1.06. The molecule has 0 atom stereocenters. The summed E-state index contributed by atoms with van der Waals surface area (Å²) in [5.74, 6) is 1.50. The van der Waals surface area contributed by atoms with Gasteiger partial charge in [0.25, 0.3) is 0 Å². The first-order chi connectivity index (χ1) is 11.7. The van der Waals surface area contributed by atoms with Crippen LogP contribution in [0.3, 0.4) is 0 Å². The summed E-state index contributed by atoms with van der Waals surface area (Å²) in [6.07, 6.45) is 8.61. The smallest absolute Gasteiger partial charge is 0.224 e. The topological polar surface area (TPSA) is 49.8 Å². The molecule has 1 aliphatic carbocycles. The number of nitrogens with one attached hydrogen (secondary N) is 2. The molecule has 1 heterocycles. The van der Waals surface area contributed by atoms with Crippen LogP contribution in [-0.2, 0) is 0 Å². The molecule has 0 spiro atoms. The van der Waals surface area contributed by atoms with E-state index in [0.29, 0.717) is 5.95 Å². The first kappa shape index (κ1) is 17.0. The first-order valence-corrected chi connectivity index (χ1v) is 9.28. The summed E-state index contributed by atoms with van der Waals surface area (Å²) in [5, 5.41) is 6.69. The molecule has 2 aromatic rings. The van der Waals surface area contributed by atoms with Crippen LogP contribution in [0.1, 0.15) is 37.8 Å². The predicted octanol–water partition coefficient (Wildman–Crippen LogP) is 5.59. The van der Waals surface area contributed by atoms with Crippen molar-refractivity contribution in [3.63, 3.8) is 0 Å². The van der Waals surface area contributed by atoms with Crippen molar-refractivity contribution in [3.05, 3.63) is 52.1 Å². The molecule has 126 valence electrons. The summed E-state index contributed by atoms with van der Waals surface area (Å²) in [7, 11) is 0. The van der Waals surface area contributed by atoms with Crippen LogP contribution >= 0.6 is 15.9 Å². The molecule has 0 aliphatic heterocycles. The lowest BCUT2D eigenvalue weighted by molar-refractivity contribution is 0.679. The molecule has 4 nitrogen and oxygen atoms in total. The van der Waals surface area contributed by atoms with Crippen LogP contribution in [0.2, 0.25) is 0 Å². The third-order valence-electron chi connectivity index (χ3n) is 4.09. The predicted molar refractivity (Wildman–Crippen MR) is 104 cm³/mol. The number of rotatable bonds is 6. The molecular weight excluding hydrogens is 364 g/mol. The highest BCUT2D eigenvalue weighted by atomic mass is 79.9. The summed E-state index contributed by atoms with van der Waals surface area (Å²) in [6, 6.07) is 10.0. The van der Waals surface area contributed by atoms with E-state index in [-0.39, 0.29) is 0 Å². The van der Waals surface area contributed by atoms with Gasteiger partial charge in [-0.25, -0.2) is 4.98 Å². The van der Waals surface area contributed by atoms with Crippen molar-refractivity contribution < 1.29 is 0 Å². The molecule has 0 amide bonds. The van der Waals surface area contributed by atoms with Crippen LogP contribution < -0.4 is 10.6 Å². The molecule has 0 fully saturated rings. The number of hydrogen-bond acceptors (Lipinski definition) is 4. The van der Waals surface area contributed by atoms with E-state index in [1.54, 1.807) is 5.57 Å². The quantitative estimate of drug-likeness (QED) is 0.634. The minimum atomic E-state index is 0.686. The van der Waals surface area contributed by atoms with E-state index < -0.39 is 0 Å². The minimum absolute atomic E-state index is 0.686. The maximum atomic E-state index is 4.57. The van der Waals surface area contributed by atoms with E-state index in [0.717, 1.165) is 34.6 Å². The van der Waals surface area contributed by atoms with Crippen molar-refractivity contribution in [2.45, 2.75) is 39.0 Å². The van der Waals surface area contributed by atoms with Crippen molar-refractivity contribution >= 4 is 33.4 Å². The Morgan fingerprint density at radius 1 is 1.12 bits per heavy atom. The summed E-state index contributed by atoms with van der Waals surface area (Å²) in [6.45, 7) is 2.87. The Bertz CT molecular complexity index is 710. The monoisotopic (exact) mass is 386 g/mol. The minimum Gasteiger partial charge on any atom is -0.354 e. The molecule has 5 heteroatoms. The van der Waals surface area contributed by atoms with Gasteiger partial charge in [-0.1, -0.05) is 27.6 Å². The second kappa shape index (κ2) is 8.29. The molecule has 1 aromatic carbocycles. The zero-order chi connectivity index (χ0) is 16.8. The number of benzene rings is 1. The van der Waals surface area contributed by atoms with E-state index in [4.69, 9.17) is 0 Å². The zero-order valence-electron chi connectivity index (χ0n) is 14.0. The van der Waals surface area contributed by atoms with Gasteiger partial charge in [-0.15, -0.1) is 0 Å². The van der Waals surface area contributed by atoms with E-state index >= 15 is 0 Å². The molecule has 24 heavy (non-hydrogen) atoms. The Balaban J connectivity index is 1.60. The van der Waals surface area contributed by atoms with Gasteiger partial charge in [0.05, 0.1) is 0 Å². The molecule has 1 aliphatic rings. The Kier molecular flexibility index (Phi) is 5.86. The van der Waals surface area contributed by atoms with Crippen LogP contribution in [0.4, 0.5) is 17.5 Å². The second-order valence-electron chi connectivity index (χ2n) is 6.13. The summed E-state index contributed by atoms with van der Waals surface area (Å²) >= 11 is 3.45. The van der Waals surface area contributed by atoms with Crippen molar-refractivity contribution in [2.24, 2.45) is 0 Å². The van der Waals surface area contributed by atoms with Crippen molar-refractivity contribution in [2.75, 3.05) is 17.2 Å². The highest BCUT2D eigenvalue weighted by molar-refractivity contribution is 9.10. The Morgan fingerprint density at radius 2 is 1.96 bits per heavy atom. The Labute approximate surface area is 151 Å². The zero-order valence-corrected chi connectivity index (χ0v) is 15.6. The number of allylic oxidation sites excluding steroid dienone is 1. The maximum absolute atomic E-state index is 4.57. The van der Waals surface area contributed by atoms with Crippen LogP contribution in [0.25, 0.3) is 0 Å². The lowest BCUT2D eigenvalue weighted by Gasteiger charge is -2.13. The maximum Gasteiger partial charge on any atom is 0.224 e. The molecule has 2 N–H and O–H groups in total. The number of nitrogens with zero attached hydrogens (tertiary/aromatic N) is 2. The Hall–Kier alpha value is -1.88. The van der Waals surface area contributed by atoms with Gasteiger partial charge in [0.15, 0.2) is 0 Å². The molecule has 0 bridgehead atoms. The highest BCUT2D eigenvalue weighted by Crippen LogP contribution is 2.21. The third kappa shape index (κ3) is 5.06. The normalized spacial score (nSPS) is 14.2. The van der Waals surface area contributed by atoms with Crippen LogP contribution in [0.15, 0.2) is 46.5 Å². The van der Waals surface area contributed by atoms with Crippen molar-refractivity contribution in [3.8, 4) is 0 Å². The molecule has 0 saturated carbocycles. The molecule has 0 radical (unpaired) electrons. The first-order valence-electron chi connectivity index (χ1n) is 8.49. The van der Waals surface area contributed by atoms with Crippen LogP contribution in [0.5, 0.6) is 0 Å². The van der Waals surface area contributed by atoms with E-state index in [1.165, 1.54) is 25.7 Å². The molecule has 3 rings (SSSR count). The highest BCUT2D eigenvalue weighted by Gasteiger charge is 2.05. The number of aryl methyl sites for hydroxylation is 1. The lowest BCUT2D eigenvalue weighted by Crippen LogP contribution is -2.09. The number of hydrogen-bond donors (Lipinski definition) is 2. The van der Waals surface area contributed by atoms with E-state index in [2.05, 4.69) is 42.6 Å². The van der Waals surface area contributed by atoms with Crippen molar-refractivity contribution in [1.82, 2.24) is 9.97 Å². The average Bonchev–Trinajstić information content (AvgIpc) is 2.57. The van der Waals surface area contributed by atoms with Crippen LogP contribution in [0, 0.1) is 6.92 Å². The fourth-order valence-electron chi connectivity index (χ4n) is 2.86. The van der Waals surface area contributed by atoms with Gasteiger partial charge in [0.1, 0.15) is 5.82 Å². The Morgan fingerprint density at radius 3 is 2.71 bits per heavy atom. The molecule has 0 unspecified atom stereocenters. The number of anilines is 3. The fourth-order valence-corrected chi connectivity index (χ4v) is 3.12. The van der Waals surface area contributed by atoms with Crippen molar-refractivity contribution in [1.29, 1.82) is 0 Å². The average molecular weight is 387 g/mol. The van der Waals surface area contributed by atoms with Gasteiger partial charge in [-0.3, -0.25) is 0 Å². The second-order valence-corrected chi connectivity index (χ2v) is 7.05. The summed E-state index contributed by atoms with van der Waals surface area (Å²) in [4.78, 5) is 9.05. The summed E-state index contributed by atoms with van der Waals surface area (Å²) in [5.41, 5.74) is 3.52. The molecule has 1 aromatic heterocycles. The number of aromatic nitrogens is 2. The fraction of sp³-hybridized carbons (Fsp3) is 0.368. The number of halogens is 1. The van der Waals surface area contributed by atoms with Gasteiger partial charge >= 0.3 is 0 Å². The third-order valence-corrected chi connectivity index (χ3v) is 4.61. The van der Waals surface area contributed by atoms with Gasteiger partial charge in [-0.2, -0.15) is 4.98 Å². The molecular formula is C19H23BrN4.